The summed E-state index contributed by atoms with van der Waals surface area (Å²) in [5.41, 5.74) is 2.68. The number of carbonyl (C=O) groups excluding carboxylic acids is 2. The van der Waals surface area contributed by atoms with E-state index < -0.39 is 6.04 Å². The number of halogens is 2. The minimum absolute atomic E-state index is 0.0698. The molecule has 3 aromatic rings. The summed E-state index contributed by atoms with van der Waals surface area (Å²) in [7, 11) is 1.55. The molecule has 3 rings (SSSR count). The van der Waals surface area contributed by atoms with Crippen molar-refractivity contribution in [3.63, 3.8) is 0 Å². The molecule has 0 saturated carbocycles. The zero-order valence-corrected chi connectivity index (χ0v) is 20.8. The predicted molar refractivity (Wildman–Crippen MR) is 136 cm³/mol. The number of benzene rings is 3. The molecule has 0 aliphatic carbocycles. The fourth-order valence-corrected chi connectivity index (χ4v) is 4.14. The Morgan fingerprint density at radius 3 is 2.15 bits per heavy atom. The number of aryl methyl sites for hydroxylation is 1. The summed E-state index contributed by atoms with van der Waals surface area (Å²) in [6.07, 6.45) is 1.25. The molecule has 2 amide bonds. The average molecular weight is 499 g/mol. The smallest absolute Gasteiger partial charge is 0.261 e. The van der Waals surface area contributed by atoms with Gasteiger partial charge in [-0.2, -0.15) is 0 Å². The maximum Gasteiger partial charge on any atom is 0.261 e. The van der Waals surface area contributed by atoms with E-state index in [0.29, 0.717) is 27.8 Å². The SMILES string of the molecule is CCc1ccc(OCC(=O)N(Cc2c(Cl)cccc2Cl)[C@H](Cc2ccccc2)C(=O)NC)cc1. The Hall–Kier alpha value is -3.02. The third-order valence-electron chi connectivity index (χ3n) is 5.60. The third-order valence-corrected chi connectivity index (χ3v) is 6.31. The van der Waals surface area contributed by atoms with Gasteiger partial charge >= 0.3 is 0 Å². The molecule has 0 spiro atoms. The highest BCUT2D eigenvalue weighted by molar-refractivity contribution is 6.36. The van der Waals surface area contributed by atoms with Gasteiger partial charge in [-0.1, -0.05) is 78.7 Å². The van der Waals surface area contributed by atoms with Gasteiger partial charge in [0, 0.05) is 35.6 Å². The van der Waals surface area contributed by atoms with Gasteiger partial charge < -0.3 is 15.0 Å². The van der Waals surface area contributed by atoms with Crippen molar-refractivity contribution in [2.45, 2.75) is 32.4 Å². The van der Waals surface area contributed by atoms with Crippen molar-refractivity contribution in [1.82, 2.24) is 10.2 Å². The number of nitrogens with zero attached hydrogens (tertiary/aromatic N) is 1. The van der Waals surface area contributed by atoms with Crippen LogP contribution in [0.1, 0.15) is 23.6 Å². The second-order valence-electron chi connectivity index (χ2n) is 7.83. The molecule has 1 atom stereocenters. The zero-order chi connectivity index (χ0) is 24.5. The van der Waals surface area contributed by atoms with Crippen LogP contribution >= 0.6 is 23.2 Å². The predicted octanol–water partition coefficient (Wildman–Crippen LogP) is 5.32. The van der Waals surface area contributed by atoms with E-state index in [-0.39, 0.29) is 25.0 Å². The molecule has 0 aliphatic heterocycles. The fraction of sp³-hybridized carbons (Fsp3) is 0.259. The Morgan fingerprint density at radius 1 is 0.912 bits per heavy atom. The summed E-state index contributed by atoms with van der Waals surface area (Å²) in [5, 5.41) is 3.54. The molecule has 5 nitrogen and oxygen atoms in total. The fourth-order valence-electron chi connectivity index (χ4n) is 3.62. The Labute approximate surface area is 210 Å². The lowest BCUT2D eigenvalue weighted by molar-refractivity contribution is -0.142. The molecule has 0 radical (unpaired) electrons. The summed E-state index contributed by atoms with van der Waals surface area (Å²) in [6.45, 7) is 1.92. The van der Waals surface area contributed by atoms with E-state index in [0.717, 1.165) is 12.0 Å². The Morgan fingerprint density at radius 2 is 1.56 bits per heavy atom. The maximum absolute atomic E-state index is 13.5. The van der Waals surface area contributed by atoms with Crippen LogP contribution in [-0.2, 0) is 29.0 Å². The Kier molecular flexibility index (Phi) is 9.37. The monoisotopic (exact) mass is 498 g/mol. The number of rotatable bonds is 10. The highest BCUT2D eigenvalue weighted by Crippen LogP contribution is 2.27. The van der Waals surface area contributed by atoms with Crippen LogP contribution in [0.3, 0.4) is 0 Å². The normalized spacial score (nSPS) is 11.5. The van der Waals surface area contributed by atoms with Crippen molar-refractivity contribution in [1.29, 1.82) is 0 Å². The molecule has 0 fully saturated rings. The van der Waals surface area contributed by atoms with Gasteiger partial charge in [-0.05, 0) is 41.8 Å². The van der Waals surface area contributed by atoms with Crippen molar-refractivity contribution < 1.29 is 14.3 Å². The highest BCUT2D eigenvalue weighted by Gasteiger charge is 2.31. The van der Waals surface area contributed by atoms with Crippen LogP contribution in [-0.4, -0.2) is 36.4 Å². The number of likely N-dealkylation sites (N-methyl/N-ethyl adjacent to an activating group) is 1. The lowest BCUT2D eigenvalue weighted by Gasteiger charge is -2.31. The first kappa shape index (κ1) is 25.6. The standard InChI is InChI=1S/C27H28Cl2N2O3/c1-3-19-12-14-21(15-13-19)34-18-26(32)31(17-22-23(28)10-7-11-24(22)29)25(27(33)30-2)16-20-8-5-4-6-9-20/h4-15,25H,3,16-18H2,1-2H3,(H,30,33)/t25-/m1/s1. The molecule has 0 saturated heterocycles. The lowest BCUT2D eigenvalue weighted by Crippen LogP contribution is -2.51. The minimum atomic E-state index is -0.779. The molecule has 3 aromatic carbocycles. The Bertz CT molecular complexity index is 1080. The van der Waals surface area contributed by atoms with Crippen molar-refractivity contribution in [3.05, 3.63) is 99.5 Å². The molecule has 178 valence electrons. The van der Waals surface area contributed by atoms with Crippen LogP contribution in [0.15, 0.2) is 72.8 Å². The van der Waals surface area contributed by atoms with E-state index in [1.165, 1.54) is 10.5 Å². The molecule has 34 heavy (non-hydrogen) atoms. The molecule has 1 N–H and O–H groups in total. The zero-order valence-electron chi connectivity index (χ0n) is 19.3. The van der Waals surface area contributed by atoms with Gasteiger partial charge in [0.2, 0.25) is 5.91 Å². The second-order valence-corrected chi connectivity index (χ2v) is 8.64. The number of amides is 2. The Balaban J connectivity index is 1.90. The van der Waals surface area contributed by atoms with Crippen LogP contribution in [0, 0.1) is 0 Å². The van der Waals surface area contributed by atoms with E-state index in [1.54, 1.807) is 25.2 Å². The quantitative estimate of drug-likeness (QED) is 0.411. The van der Waals surface area contributed by atoms with Gasteiger partial charge in [0.05, 0.1) is 0 Å². The van der Waals surface area contributed by atoms with Crippen molar-refractivity contribution in [2.24, 2.45) is 0 Å². The van der Waals surface area contributed by atoms with E-state index in [9.17, 15) is 9.59 Å². The molecule has 0 bridgehead atoms. The summed E-state index contributed by atoms with van der Waals surface area (Å²) >= 11 is 12.8. The van der Waals surface area contributed by atoms with Gasteiger partial charge in [-0.3, -0.25) is 9.59 Å². The van der Waals surface area contributed by atoms with Gasteiger partial charge in [-0.15, -0.1) is 0 Å². The largest absolute Gasteiger partial charge is 0.484 e. The first-order valence-corrected chi connectivity index (χ1v) is 11.9. The van der Waals surface area contributed by atoms with Crippen molar-refractivity contribution in [3.8, 4) is 5.75 Å². The van der Waals surface area contributed by atoms with Crippen molar-refractivity contribution >= 4 is 35.0 Å². The summed E-state index contributed by atoms with van der Waals surface area (Å²) < 4.78 is 5.77. The second kappa shape index (κ2) is 12.4. The van der Waals surface area contributed by atoms with Crippen LogP contribution in [0.4, 0.5) is 0 Å². The first-order chi connectivity index (χ1) is 16.4. The van der Waals surface area contributed by atoms with Gasteiger partial charge in [0.25, 0.3) is 5.91 Å². The van der Waals surface area contributed by atoms with E-state index in [4.69, 9.17) is 27.9 Å². The van der Waals surface area contributed by atoms with E-state index >= 15 is 0 Å². The molecular formula is C27H28Cl2N2O3. The molecule has 0 aliphatic rings. The number of hydrogen-bond donors (Lipinski definition) is 1. The topological polar surface area (TPSA) is 58.6 Å². The van der Waals surface area contributed by atoms with Crippen LogP contribution in [0.2, 0.25) is 10.0 Å². The van der Waals surface area contributed by atoms with Crippen LogP contribution < -0.4 is 10.1 Å². The molecule has 0 heterocycles. The maximum atomic E-state index is 13.5. The summed E-state index contributed by atoms with van der Waals surface area (Å²) in [5.74, 6) is -0.0476. The molecule has 7 heteroatoms. The number of ether oxygens (including phenoxy) is 1. The van der Waals surface area contributed by atoms with Gasteiger partial charge in [0.1, 0.15) is 11.8 Å². The number of hydrogen-bond acceptors (Lipinski definition) is 3. The third kappa shape index (κ3) is 6.75. The first-order valence-electron chi connectivity index (χ1n) is 11.1. The average Bonchev–Trinajstić information content (AvgIpc) is 2.86. The van der Waals surface area contributed by atoms with Gasteiger partial charge in [-0.25, -0.2) is 0 Å². The van der Waals surface area contributed by atoms with Gasteiger partial charge in [0.15, 0.2) is 6.61 Å². The summed E-state index contributed by atoms with van der Waals surface area (Å²) in [6, 6.07) is 21.5. The highest BCUT2D eigenvalue weighted by atomic mass is 35.5. The van der Waals surface area contributed by atoms with Crippen molar-refractivity contribution in [2.75, 3.05) is 13.7 Å². The molecule has 0 aromatic heterocycles. The number of nitrogens with one attached hydrogen (secondary N) is 1. The summed E-state index contributed by atoms with van der Waals surface area (Å²) in [4.78, 5) is 27.9. The van der Waals surface area contributed by atoms with Crippen LogP contribution in [0.5, 0.6) is 5.75 Å². The van der Waals surface area contributed by atoms with Crippen LogP contribution in [0.25, 0.3) is 0 Å². The minimum Gasteiger partial charge on any atom is -0.484 e. The number of carbonyl (C=O) groups is 2. The van der Waals surface area contributed by atoms with E-state index in [1.807, 2.05) is 54.6 Å². The van der Waals surface area contributed by atoms with E-state index in [2.05, 4.69) is 12.2 Å². The lowest BCUT2D eigenvalue weighted by atomic mass is 10.0. The molecular weight excluding hydrogens is 471 g/mol. The molecule has 0 unspecified atom stereocenters.